The van der Waals surface area contributed by atoms with Crippen molar-refractivity contribution in [1.29, 1.82) is 0 Å². The van der Waals surface area contributed by atoms with E-state index >= 15 is 0 Å². The number of nitrogens with one attached hydrogen (secondary N) is 1. The molecule has 322 valence electrons. The number of aromatic nitrogens is 6. The molecule has 0 radical (unpaired) electrons. The van der Waals surface area contributed by atoms with Gasteiger partial charge in [0.2, 0.25) is 5.91 Å². The fraction of sp³-hybridized carbons (Fsp3) is 0.419. The lowest BCUT2D eigenvalue weighted by molar-refractivity contribution is -0.141. The lowest BCUT2D eigenvalue weighted by Gasteiger charge is -2.46. The van der Waals surface area contributed by atoms with E-state index in [-0.39, 0.29) is 46.3 Å². The van der Waals surface area contributed by atoms with Gasteiger partial charge >= 0.3 is 11.4 Å². The zero-order valence-corrected chi connectivity index (χ0v) is 39.5. The van der Waals surface area contributed by atoms with E-state index in [2.05, 4.69) is 68.7 Å². The first-order valence-electron chi connectivity index (χ1n) is 20.3. The minimum absolute atomic E-state index is 0.0233. The number of Topliss-reactive ketones (excluding diaryl/α,β-unsaturated/α-hetero) is 2. The SMILES string of the molecule is CC.CC.CCC(=O)c1cn2cnc(C(=[N+]=[N-])c3cccnc3)c2s1.C[C@@H](O[Si](C)(C)C(C)(C)C)[C@H]1C(=O)N[C@@H]1[C@@H](C)C(=O)c1cn2cnc(C(=[N+]=[N-])c3cccnc3)c2s1. The smallest absolute Gasteiger partial charge is 0.352 e. The number of hydrogen-bond donors (Lipinski definition) is 1. The van der Waals surface area contributed by atoms with Gasteiger partial charge in [-0.2, -0.15) is 9.58 Å². The second-order valence-corrected chi connectivity index (χ2v) is 22.1. The summed E-state index contributed by atoms with van der Waals surface area (Å²) in [4.78, 5) is 64.0. The molecule has 1 aliphatic heterocycles. The van der Waals surface area contributed by atoms with Crippen molar-refractivity contribution in [3.8, 4) is 0 Å². The Morgan fingerprint density at radius 3 is 1.75 bits per heavy atom. The van der Waals surface area contributed by atoms with Gasteiger partial charge in [-0.1, -0.05) is 62.3 Å². The van der Waals surface area contributed by atoms with Gasteiger partial charge in [0.1, 0.15) is 22.3 Å². The van der Waals surface area contributed by atoms with Crippen LogP contribution in [0.3, 0.4) is 0 Å². The van der Waals surface area contributed by atoms with Crippen LogP contribution in [0.2, 0.25) is 18.1 Å². The molecule has 4 atom stereocenters. The van der Waals surface area contributed by atoms with E-state index in [0.717, 1.165) is 4.83 Å². The van der Waals surface area contributed by atoms with Crippen molar-refractivity contribution in [2.45, 2.75) is 106 Å². The summed E-state index contributed by atoms with van der Waals surface area (Å²) < 4.78 is 10.0. The predicted octanol–water partition coefficient (Wildman–Crippen LogP) is 8.70. The van der Waals surface area contributed by atoms with E-state index < -0.39 is 14.2 Å². The largest absolute Gasteiger partial charge is 0.413 e. The molecule has 15 nitrogen and oxygen atoms in total. The van der Waals surface area contributed by atoms with Crippen LogP contribution < -0.4 is 5.32 Å². The first kappa shape index (κ1) is 48.1. The summed E-state index contributed by atoms with van der Waals surface area (Å²) in [6.45, 7) is 24.4. The van der Waals surface area contributed by atoms with E-state index in [0.29, 0.717) is 49.2 Å². The van der Waals surface area contributed by atoms with Gasteiger partial charge in [-0.15, -0.1) is 22.7 Å². The first-order chi connectivity index (χ1) is 29.1. The van der Waals surface area contributed by atoms with Gasteiger partial charge in [0, 0.05) is 49.5 Å². The van der Waals surface area contributed by atoms with Gasteiger partial charge in [0.15, 0.2) is 31.3 Å². The van der Waals surface area contributed by atoms with Crippen LogP contribution >= 0.6 is 22.7 Å². The van der Waals surface area contributed by atoms with Crippen LogP contribution in [0.4, 0.5) is 0 Å². The van der Waals surface area contributed by atoms with E-state index in [9.17, 15) is 25.4 Å². The topological polar surface area (TPSA) is 206 Å². The summed E-state index contributed by atoms with van der Waals surface area (Å²) in [5.74, 6) is -0.856. The summed E-state index contributed by atoms with van der Waals surface area (Å²) in [5.41, 5.74) is 21.9. The van der Waals surface area contributed by atoms with E-state index in [1.54, 1.807) is 82.9 Å². The first-order valence-corrected chi connectivity index (χ1v) is 24.9. The molecular weight excluding hydrogens is 827 g/mol. The van der Waals surface area contributed by atoms with Crippen LogP contribution in [0.5, 0.6) is 0 Å². The fourth-order valence-electron chi connectivity index (χ4n) is 6.29. The third-order valence-electron chi connectivity index (χ3n) is 10.5. The van der Waals surface area contributed by atoms with Crippen LogP contribution in [0.25, 0.3) is 20.7 Å². The molecule has 61 heavy (non-hydrogen) atoms. The number of carbonyl (C=O) groups excluding carboxylic acids is 3. The predicted molar refractivity (Wildman–Crippen MR) is 242 cm³/mol. The van der Waals surface area contributed by atoms with Crippen LogP contribution in [0, 0.1) is 11.8 Å². The number of ketones is 2. The molecular formula is C43H55N11O4S2Si. The third-order valence-corrected chi connectivity index (χ3v) is 17.4. The van der Waals surface area contributed by atoms with Crippen LogP contribution in [0.15, 0.2) is 74.1 Å². The minimum atomic E-state index is -2.07. The highest BCUT2D eigenvalue weighted by atomic mass is 32.1. The maximum Gasteiger partial charge on any atom is 0.352 e. The Bertz CT molecular complexity index is 2560. The molecule has 0 aliphatic carbocycles. The Morgan fingerprint density at radius 2 is 1.34 bits per heavy atom. The second kappa shape index (κ2) is 20.8. The molecule has 0 aromatic carbocycles. The highest BCUT2D eigenvalue weighted by molar-refractivity contribution is 7.20. The molecule has 1 fully saturated rings. The molecule has 0 spiro atoms. The lowest BCUT2D eigenvalue weighted by Crippen LogP contribution is -2.66. The van der Waals surface area contributed by atoms with Crippen molar-refractivity contribution in [3.05, 3.63) is 117 Å². The third kappa shape index (κ3) is 10.3. The van der Waals surface area contributed by atoms with E-state index in [4.69, 9.17) is 4.43 Å². The van der Waals surface area contributed by atoms with Crippen LogP contribution in [-0.4, -0.2) is 87.7 Å². The number of fused-ring (bicyclic) bond motifs is 2. The van der Waals surface area contributed by atoms with Crippen molar-refractivity contribution >= 4 is 69.5 Å². The fourth-order valence-corrected chi connectivity index (χ4v) is 9.92. The zero-order valence-electron chi connectivity index (χ0n) is 36.9. The average Bonchev–Trinajstić information content (AvgIpc) is 4.05. The summed E-state index contributed by atoms with van der Waals surface area (Å²) >= 11 is 2.62. The number of hydrogen-bond acceptors (Lipinski definition) is 10. The maximum absolute atomic E-state index is 13.5. The number of imidazole rings is 2. The van der Waals surface area contributed by atoms with Crippen molar-refractivity contribution in [1.82, 2.24) is 34.1 Å². The number of amides is 1. The number of carbonyl (C=O) groups is 3. The quantitative estimate of drug-likeness (QED) is 0.0313. The van der Waals surface area contributed by atoms with Gasteiger partial charge in [-0.25, -0.2) is 9.97 Å². The maximum atomic E-state index is 13.5. The second-order valence-electron chi connectivity index (χ2n) is 15.3. The van der Waals surface area contributed by atoms with E-state index in [1.807, 2.05) is 48.5 Å². The molecule has 18 heteroatoms. The van der Waals surface area contributed by atoms with Gasteiger partial charge in [-0.3, -0.25) is 33.2 Å². The summed E-state index contributed by atoms with van der Waals surface area (Å²) in [6.07, 6.45) is 13.3. The Morgan fingerprint density at radius 1 is 0.869 bits per heavy atom. The van der Waals surface area contributed by atoms with Crippen molar-refractivity contribution in [2.75, 3.05) is 0 Å². The molecule has 1 amide bonds. The number of thiazole rings is 2. The van der Waals surface area contributed by atoms with Gasteiger partial charge in [0.05, 0.1) is 38.9 Å². The normalized spacial score (nSPS) is 15.5. The molecule has 1 aliphatic rings. The number of β-lactam (4-membered cyclic amide) rings is 1. The summed E-state index contributed by atoms with van der Waals surface area (Å²) in [5, 5.41) is 2.96. The van der Waals surface area contributed by atoms with Gasteiger partial charge in [0.25, 0.3) is 0 Å². The molecule has 0 bridgehead atoms. The van der Waals surface area contributed by atoms with Crippen LogP contribution in [0.1, 0.15) is 118 Å². The number of rotatable bonds is 12. The molecule has 1 saturated heterocycles. The lowest BCUT2D eigenvalue weighted by atomic mass is 9.77. The molecule has 6 aromatic rings. The van der Waals surface area contributed by atoms with Gasteiger partial charge in [-0.05, 0) is 49.3 Å². The summed E-state index contributed by atoms with van der Waals surface area (Å²) in [7, 11) is -2.07. The Hall–Kier alpha value is -5.61. The molecule has 7 heterocycles. The Balaban J connectivity index is 0.000000278. The van der Waals surface area contributed by atoms with E-state index in [1.165, 1.54) is 22.7 Å². The highest BCUT2D eigenvalue weighted by Gasteiger charge is 2.50. The van der Waals surface area contributed by atoms with Crippen LogP contribution in [-0.2, 0) is 9.22 Å². The van der Waals surface area contributed by atoms with Crippen molar-refractivity contribution in [3.63, 3.8) is 0 Å². The molecule has 0 saturated carbocycles. The number of nitrogens with zero attached hydrogens (tertiary/aromatic N) is 10. The Labute approximate surface area is 365 Å². The molecule has 6 aromatic heterocycles. The number of pyridine rings is 2. The van der Waals surface area contributed by atoms with Crippen molar-refractivity contribution < 1.29 is 28.4 Å². The molecule has 0 unspecified atom stereocenters. The monoisotopic (exact) mass is 881 g/mol. The minimum Gasteiger partial charge on any atom is -0.413 e. The molecule has 7 rings (SSSR count). The summed E-state index contributed by atoms with van der Waals surface area (Å²) in [6, 6.07) is 6.78. The van der Waals surface area contributed by atoms with Gasteiger partial charge < -0.3 is 20.8 Å². The Kier molecular flexibility index (Phi) is 16.4. The van der Waals surface area contributed by atoms with Crippen molar-refractivity contribution in [2.24, 2.45) is 11.8 Å². The zero-order chi connectivity index (χ0) is 45.2. The average molecular weight is 882 g/mol. The highest BCUT2D eigenvalue weighted by Crippen LogP contribution is 2.40. The molecule has 1 N–H and O–H groups in total. The standard InChI is InChI=1S/C25H32N6O3SSi.C14H11N5OS.2C2H6/c1-14(19-18(23(33)29-19)15(2)34-36(6,7)25(3,4)5)22(32)17-12-31-13-28-21(24(31)35-17)20(30-26)16-9-8-10-27-11-16;1-2-10(20)11-7-19-8-17-13(14(19)21-11)12(18-15)9-4-3-5-16-6-9;2*1-2/h8-15,18-19H,1-7H3,(H,29,33);3-8H,2H2,1H3;2*1-2H3/t14-,15-,18-,19-;;;/m1.../s1.